The Hall–Kier alpha value is -1.36. The first-order chi connectivity index (χ1) is 7.47. The molecule has 0 rings (SSSR count). The SMILES string of the molecule is CCN(CCCN(C)C)C(=O)/C=C/C(=O)O. The minimum Gasteiger partial charge on any atom is -0.478 e. The smallest absolute Gasteiger partial charge is 0.328 e. The molecule has 0 heterocycles. The number of likely N-dealkylation sites (N-methyl/N-ethyl adjacent to an activating group) is 1. The summed E-state index contributed by atoms with van der Waals surface area (Å²) in [5.41, 5.74) is 0. The van der Waals surface area contributed by atoms with Crippen molar-refractivity contribution < 1.29 is 14.7 Å². The Bertz CT molecular complexity index is 262. The summed E-state index contributed by atoms with van der Waals surface area (Å²) in [5, 5.41) is 8.40. The van der Waals surface area contributed by atoms with Crippen LogP contribution in [0.15, 0.2) is 12.2 Å². The fourth-order valence-corrected chi connectivity index (χ4v) is 1.25. The minimum atomic E-state index is -1.10. The number of amides is 1. The number of hydrogen-bond donors (Lipinski definition) is 1. The van der Waals surface area contributed by atoms with Crippen LogP contribution < -0.4 is 0 Å². The van der Waals surface area contributed by atoms with E-state index in [4.69, 9.17) is 5.11 Å². The Morgan fingerprint density at radius 3 is 2.25 bits per heavy atom. The molecular weight excluding hydrogens is 208 g/mol. The van der Waals surface area contributed by atoms with Gasteiger partial charge in [0.1, 0.15) is 0 Å². The predicted molar refractivity (Wildman–Crippen MR) is 62.2 cm³/mol. The molecule has 0 aromatic rings. The number of aliphatic carboxylic acids is 1. The molecular formula is C11H20N2O3. The Kier molecular flexibility index (Phi) is 7.20. The fourth-order valence-electron chi connectivity index (χ4n) is 1.25. The van der Waals surface area contributed by atoms with Crippen LogP contribution >= 0.6 is 0 Å². The summed E-state index contributed by atoms with van der Waals surface area (Å²) < 4.78 is 0. The zero-order valence-electron chi connectivity index (χ0n) is 10.1. The molecule has 0 aliphatic heterocycles. The van der Waals surface area contributed by atoms with Crippen molar-refractivity contribution in [3.05, 3.63) is 12.2 Å². The first-order valence-electron chi connectivity index (χ1n) is 5.32. The first kappa shape index (κ1) is 14.6. The lowest BCUT2D eigenvalue weighted by molar-refractivity contribution is -0.132. The Morgan fingerprint density at radius 2 is 1.81 bits per heavy atom. The van der Waals surface area contributed by atoms with Crippen LogP contribution in [-0.4, -0.2) is 60.5 Å². The zero-order chi connectivity index (χ0) is 12.6. The van der Waals surface area contributed by atoms with Gasteiger partial charge in [0.15, 0.2) is 0 Å². The molecule has 1 N–H and O–H groups in total. The molecule has 0 saturated heterocycles. The molecule has 0 aromatic heterocycles. The van der Waals surface area contributed by atoms with E-state index in [1.165, 1.54) is 0 Å². The van der Waals surface area contributed by atoms with Crippen LogP contribution in [0, 0.1) is 0 Å². The van der Waals surface area contributed by atoms with Crippen LogP contribution in [0.4, 0.5) is 0 Å². The van der Waals surface area contributed by atoms with E-state index in [9.17, 15) is 9.59 Å². The maximum absolute atomic E-state index is 11.5. The van der Waals surface area contributed by atoms with E-state index in [1.807, 2.05) is 25.9 Å². The van der Waals surface area contributed by atoms with Crippen LogP contribution in [0.5, 0.6) is 0 Å². The van der Waals surface area contributed by atoms with E-state index >= 15 is 0 Å². The molecule has 5 heteroatoms. The van der Waals surface area contributed by atoms with E-state index in [0.717, 1.165) is 25.1 Å². The highest BCUT2D eigenvalue weighted by Crippen LogP contribution is 1.95. The van der Waals surface area contributed by atoms with Gasteiger partial charge in [-0.25, -0.2) is 4.79 Å². The van der Waals surface area contributed by atoms with Crippen LogP contribution in [-0.2, 0) is 9.59 Å². The third-order valence-electron chi connectivity index (χ3n) is 2.10. The summed E-state index contributed by atoms with van der Waals surface area (Å²) in [5.74, 6) is -1.35. The molecule has 1 amide bonds. The van der Waals surface area contributed by atoms with Crippen molar-refractivity contribution in [3.8, 4) is 0 Å². The number of carboxylic acids is 1. The molecule has 0 atom stereocenters. The van der Waals surface area contributed by atoms with Crippen molar-refractivity contribution >= 4 is 11.9 Å². The van der Waals surface area contributed by atoms with Crippen molar-refractivity contribution in [1.82, 2.24) is 9.80 Å². The summed E-state index contributed by atoms with van der Waals surface area (Å²) in [6.07, 6.45) is 2.85. The van der Waals surface area contributed by atoms with Gasteiger partial charge in [-0.2, -0.15) is 0 Å². The highest BCUT2D eigenvalue weighted by atomic mass is 16.4. The summed E-state index contributed by atoms with van der Waals surface area (Å²) in [7, 11) is 3.95. The van der Waals surface area contributed by atoms with Gasteiger partial charge in [0, 0.05) is 25.2 Å². The topological polar surface area (TPSA) is 60.9 Å². The van der Waals surface area contributed by atoms with Gasteiger partial charge in [-0.15, -0.1) is 0 Å². The zero-order valence-corrected chi connectivity index (χ0v) is 10.1. The third-order valence-corrected chi connectivity index (χ3v) is 2.10. The molecule has 0 radical (unpaired) electrons. The van der Waals surface area contributed by atoms with Crippen molar-refractivity contribution in [1.29, 1.82) is 0 Å². The quantitative estimate of drug-likeness (QED) is 0.642. The van der Waals surface area contributed by atoms with Gasteiger partial charge in [0.25, 0.3) is 0 Å². The Labute approximate surface area is 96.3 Å². The fraction of sp³-hybridized carbons (Fsp3) is 0.636. The second-order valence-corrected chi connectivity index (χ2v) is 3.75. The molecule has 0 unspecified atom stereocenters. The van der Waals surface area contributed by atoms with Gasteiger partial charge < -0.3 is 14.9 Å². The number of rotatable bonds is 7. The van der Waals surface area contributed by atoms with Crippen LogP contribution in [0.2, 0.25) is 0 Å². The molecule has 16 heavy (non-hydrogen) atoms. The normalized spacial score (nSPS) is 11.0. The van der Waals surface area contributed by atoms with Crippen molar-refractivity contribution in [3.63, 3.8) is 0 Å². The number of hydrogen-bond acceptors (Lipinski definition) is 3. The van der Waals surface area contributed by atoms with Gasteiger partial charge in [0.05, 0.1) is 0 Å². The van der Waals surface area contributed by atoms with Crippen molar-refractivity contribution in [2.24, 2.45) is 0 Å². The molecule has 5 nitrogen and oxygen atoms in total. The highest BCUT2D eigenvalue weighted by Gasteiger charge is 2.08. The number of carbonyl (C=O) groups is 2. The Balaban J connectivity index is 4.07. The molecule has 0 saturated carbocycles. The largest absolute Gasteiger partial charge is 0.478 e. The van der Waals surface area contributed by atoms with E-state index in [0.29, 0.717) is 13.1 Å². The molecule has 0 spiro atoms. The lowest BCUT2D eigenvalue weighted by Crippen LogP contribution is -2.32. The van der Waals surface area contributed by atoms with E-state index in [1.54, 1.807) is 4.90 Å². The summed E-state index contributed by atoms with van der Waals surface area (Å²) in [4.78, 5) is 25.4. The number of nitrogens with zero attached hydrogens (tertiary/aromatic N) is 2. The second-order valence-electron chi connectivity index (χ2n) is 3.75. The maximum atomic E-state index is 11.5. The van der Waals surface area contributed by atoms with Crippen LogP contribution in [0.3, 0.4) is 0 Å². The summed E-state index contributed by atoms with van der Waals surface area (Å²) in [6, 6.07) is 0. The molecule has 0 fully saturated rings. The van der Waals surface area contributed by atoms with E-state index in [2.05, 4.69) is 0 Å². The average Bonchev–Trinajstić information content (AvgIpc) is 2.20. The average molecular weight is 228 g/mol. The molecule has 0 bridgehead atoms. The van der Waals surface area contributed by atoms with E-state index < -0.39 is 5.97 Å². The van der Waals surface area contributed by atoms with Gasteiger partial charge in [-0.05, 0) is 34.0 Å². The lowest BCUT2D eigenvalue weighted by Gasteiger charge is -2.20. The van der Waals surface area contributed by atoms with Crippen molar-refractivity contribution in [2.45, 2.75) is 13.3 Å². The van der Waals surface area contributed by atoms with Gasteiger partial charge in [-0.3, -0.25) is 4.79 Å². The molecule has 92 valence electrons. The molecule has 0 aliphatic carbocycles. The molecule has 0 aromatic carbocycles. The minimum absolute atomic E-state index is 0.247. The second kappa shape index (κ2) is 7.87. The van der Waals surface area contributed by atoms with Crippen LogP contribution in [0.1, 0.15) is 13.3 Å². The third kappa shape index (κ3) is 7.00. The number of carboxylic acid groups (broad SMARTS) is 1. The molecule has 0 aliphatic rings. The van der Waals surface area contributed by atoms with Crippen molar-refractivity contribution in [2.75, 3.05) is 33.7 Å². The summed E-state index contributed by atoms with van der Waals surface area (Å²) in [6.45, 7) is 4.03. The Morgan fingerprint density at radius 1 is 1.19 bits per heavy atom. The lowest BCUT2D eigenvalue weighted by atomic mass is 10.3. The van der Waals surface area contributed by atoms with Gasteiger partial charge in [-0.1, -0.05) is 0 Å². The van der Waals surface area contributed by atoms with Gasteiger partial charge >= 0.3 is 5.97 Å². The first-order valence-corrected chi connectivity index (χ1v) is 5.32. The maximum Gasteiger partial charge on any atom is 0.328 e. The highest BCUT2D eigenvalue weighted by molar-refractivity contribution is 5.93. The van der Waals surface area contributed by atoms with Gasteiger partial charge in [0.2, 0.25) is 5.91 Å². The summed E-state index contributed by atoms with van der Waals surface area (Å²) >= 11 is 0. The van der Waals surface area contributed by atoms with Crippen LogP contribution in [0.25, 0.3) is 0 Å². The number of carbonyl (C=O) groups excluding carboxylic acids is 1. The monoisotopic (exact) mass is 228 g/mol. The van der Waals surface area contributed by atoms with E-state index in [-0.39, 0.29) is 5.91 Å². The standard InChI is InChI=1S/C11H20N2O3/c1-4-13(9-5-8-12(2)3)10(14)6-7-11(15)16/h6-7H,4-5,8-9H2,1-3H3,(H,15,16)/b7-6+. The predicted octanol–water partition coefficient (Wildman–Crippen LogP) is 0.427.